The zero-order valence-corrected chi connectivity index (χ0v) is 15.0. The van der Waals surface area contributed by atoms with Gasteiger partial charge >= 0.3 is 0 Å². The minimum Gasteiger partial charge on any atom is -0.492 e. The van der Waals surface area contributed by atoms with E-state index >= 15 is 0 Å². The van der Waals surface area contributed by atoms with Crippen LogP contribution in [0.25, 0.3) is 0 Å². The van der Waals surface area contributed by atoms with Gasteiger partial charge in [-0.15, -0.1) is 0 Å². The molecule has 5 heteroatoms. The van der Waals surface area contributed by atoms with Crippen molar-refractivity contribution in [1.29, 1.82) is 0 Å². The number of likely N-dealkylation sites (tertiary alicyclic amines) is 1. The highest BCUT2D eigenvalue weighted by Gasteiger charge is 2.13. The number of hydrogen-bond donors (Lipinski definition) is 1. The van der Waals surface area contributed by atoms with Crippen molar-refractivity contribution in [3.63, 3.8) is 0 Å². The molecule has 0 saturated carbocycles. The SMILES string of the molecule is O=C(NCCOc1cccc(Cl)c1)c1cccc(CN2CCCC2)c1. The molecule has 1 heterocycles. The van der Waals surface area contributed by atoms with Crippen LogP contribution in [0, 0.1) is 0 Å². The highest BCUT2D eigenvalue weighted by molar-refractivity contribution is 6.30. The van der Waals surface area contributed by atoms with Crippen molar-refractivity contribution in [3.05, 3.63) is 64.7 Å². The molecule has 2 aromatic carbocycles. The summed E-state index contributed by atoms with van der Waals surface area (Å²) in [6.07, 6.45) is 2.54. The lowest BCUT2D eigenvalue weighted by Crippen LogP contribution is -2.28. The van der Waals surface area contributed by atoms with Crippen LogP contribution in [-0.4, -0.2) is 37.0 Å². The normalized spacial score (nSPS) is 14.4. The first-order valence-electron chi connectivity index (χ1n) is 8.68. The number of nitrogens with zero attached hydrogens (tertiary/aromatic N) is 1. The van der Waals surface area contributed by atoms with Crippen molar-refractivity contribution in [2.45, 2.75) is 19.4 Å². The van der Waals surface area contributed by atoms with Crippen LogP contribution >= 0.6 is 11.6 Å². The van der Waals surface area contributed by atoms with Crippen molar-refractivity contribution in [2.24, 2.45) is 0 Å². The van der Waals surface area contributed by atoms with Crippen LogP contribution < -0.4 is 10.1 Å². The maximum absolute atomic E-state index is 12.3. The highest BCUT2D eigenvalue weighted by Crippen LogP contribution is 2.17. The Morgan fingerprint density at radius 1 is 1.12 bits per heavy atom. The third kappa shape index (κ3) is 5.48. The molecule has 1 fully saturated rings. The van der Waals surface area contributed by atoms with Gasteiger partial charge in [0.15, 0.2) is 0 Å². The van der Waals surface area contributed by atoms with Gasteiger partial charge in [0.2, 0.25) is 0 Å². The lowest BCUT2D eigenvalue weighted by Gasteiger charge is -2.15. The molecule has 1 saturated heterocycles. The van der Waals surface area contributed by atoms with Crippen LogP contribution in [0.4, 0.5) is 0 Å². The molecule has 1 N–H and O–H groups in total. The zero-order chi connectivity index (χ0) is 17.5. The first-order valence-corrected chi connectivity index (χ1v) is 9.06. The van der Waals surface area contributed by atoms with Gasteiger partial charge in [-0.3, -0.25) is 9.69 Å². The molecule has 2 aromatic rings. The van der Waals surface area contributed by atoms with Gasteiger partial charge in [-0.25, -0.2) is 0 Å². The van der Waals surface area contributed by atoms with Crippen molar-refractivity contribution >= 4 is 17.5 Å². The fraction of sp³-hybridized carbons (Fsp3) is 0.350. The number of rotatable bonds is 7. The second-order valence-corrected chi connectivity index (χ2v) is 6.68. The Hall–Kier alpha value is -2.04. The minimum atomic E-state index is -0.0713. The Labute approximate surface area is 153 Å². The van der Waals surface area contributed by atoms with E-state index in [1.54, 1.807) is 12.1 Å². The molecule has 0 radical (unpaired) electrons. The van der Waals surface area contributed by atoms with E-state index in [1.807, 2.05) is 30.3 Å². The topological polar surface area (TPSA) is 41.6 Å². The van der Waals surface area contributed by atoms with Crippen LogP contribution in [-0.2, 0) is 6.54 Å². The number of nitrogens with one attached hydrogen (secondary N) is 1. The largest absolute Gasteiger partial charge is 0.492 e. The van der Waals surface area contributed by atoms with Crippen molar-refractivity contribution in [3.8, 4) is 5.75 Å². The van der Waals surface area contributed by atoms with Gasteiger partial charge in [0.05, 0.1) is 6.54 Å². The number of halogens is 1. The molecule has 1 amide bonds. The van der Waals surface area contributed by atoms with Crippen LogP contribution in [0.3, 0.4) is 0 Å². The van der Waals surface area contributed by atoms with Crippen molar-refractivity contribution in [2.75, 3.05) is 26.2 Å². The summed E-state index contributed by atoms with van der Waals surface area (Å²) < 4.78 is 5.58. The van der Waals surface area contributed by atoms with E-state index in [0.717, 1.165) is 19.6 Å². The maximum Gasteiger partial charge on any atom is 0.251 e. The standard InChI is InChI=1S/C20H23ClN2O2/c21-18-7-4-8-19(14-18)25-12-9-22-20(24)17-6-3-5-16(13-17)15-23-10-1-2-11-23/h3-8,13-14H,1-2,9-12,15H2,(H,22,24). The van der Waals surface area contributed by atoms with E-state index in [0.29, 0.717) is 29.5 Å². The van der Waals surface area contributed by atoms with E-state index in [9.17, 15) is 4.79 Å². The summed E-state index contributed by atoms with van der Waals surface area (Å²) in [4.78, 5) is 14.7. The second-order valence-electron chi connectivity index (χ2n) is 6.25. The molecule has 0 aliphatic carbocycles. The summed E-state index contributed by atoms with van der Waals surface area (Å²) in [5.74, 6) is 0.632. The van der Waals surface area contributed by atoms with E-state index in [2.05, 4.69) is 16.3 Å². The predicted molar refractivity (Wildman–Crippen MR) is 100 cm³/mol. The van der Waals surface area contributed by atoms with Crippen LogP contribution in [0.2, 0.25) is 5.02 Å². The van der Waals surface area contributed by atoms with Crippen LogP contribution in [0.1, 0.15) is 28.8 Å². The molecule has 1 aliphatic heterocycles. The number of ether oxygens (including phenoxy) is 1. The molecule has 0 unspecified atom stereocenters. The van der Waals surface area contributed by atoms with Crippen molar-refractivity contribution in [1.82, 2.24) is 10.2 Å². The fourth-order valence-electron chi connectivity index (χ4n) is 3.00. The molecule has 1 aliphatic rings. The summed E-state index contributed by atoms with van der Waals surface area (Å²) in [5, 5.41) is 3.53. The molecule has 0 atom stereocenters. The molecule has 3 rings (SSSR count). The van der Waals surface area contributed by atoms with Gasteiger partial charge in [0.1, 0.15) is 12.4 Å². The Bertz CT molecular complexity index is 714. The highest BCUT2D eigenvalue weighted by atomic mass is 35.5. The third-order valence-electron chi connectivity index (χ3n) is 4.25. The third-order valence-corrected chi connectivity index (χ3v) is 4.48. The molecular weight excluding hydrogens is 336 g/mol. The van der Waals surface area contributed by atoms with E-state index in [-0.39, 0.29) is 5.91 Å². The molecule has 0 aromatic heterocycles. The number of amides is 1. The molecule has 0 spiro atoms. The molecule has 4 nitrogen and oxygen atoms in total. The van der Waals surface area contributed by atoms with Crippen LogP contribution in [0.5, 0.6) is 5.75 Å². The van der Waals surface area contributed by atoms with E-state index in [1.165, 1.54) is 18.4 Å². The summed E-state index contributed by atoms with van der Waals surface area (Å²) in [5.41, 5.74) is 1.88. The Kier molecular flexibility index (Phi) is 6.31. The molecular formula is C20H23ClN2O2. The molecule has 132 valence electrons. The van der Waals surface area contributed by atoms with Gasteiger partial charge in [0.25, 0.3) is 5.91 Å². The summed E-state index contributed by atoms with van der Waals surface area (Å²) in [6, 6.07) is 15.1. The smallest absolute Gasteiger partial charge is 0.251 e. The van der Waals surface area contributed by atoms with Crippen molar-refractivity contribution < 1.29 is 9.53 Å². The summed E-state index contributed by atoms with van der Waals surface area (Å²) in [6.45, 7) is 4.06. The lowest BCUT2D eigenvalue weighted by atomic mass is 10.1. The van der Waals surface area contributed by atoms with E-state index < -0.39 is 0 Å². The Morgan fingerprint density at radius 2 is 1.92 bits per heavy atom. The van der Waals surface area contributed by atoms with E-state index in [4.69, 9.17) is 16.3 Å². The number of hydrogen-bond acceptors (Lipinski definition) is 3. The minimum absolute atomic E-state index is 0.0713. The fourth-order valence-corrected chi connectivity index (χ4v) is 3.18. The average molecular weight is 359 g/mol. The second kappa shape index (κ2) is 8.88. The Balaban J connectivity index is 1.46. The summed E-state index contributed by atoms with van der Waals surface area (Å²) >= 11 is 5.91. The predicted octanol–water partition coefficient (Wildman–Crippen LogP) is 3.74. The number of benzene rings is 2. The van der Waals surface area contributed by atoms with Gasteiger partial charge in [0, 0.05) is 17.1 Å². The van der Waals surface area contributed by atoms with Gasteiger partial charge in [-0.05, 0) is 61.8 Å². The Morgan fingerprint density at radius 3 is 2.72 bits per heavy atom. The van der Waals surface area contributed by atoms with Gasteiger partial charge in [-0.2, -0.15) is 0 Å². The molecule has 25 heavy (non-hydrogen) atoms. The lowest BCUT2D eigenvalue weighted by molar-refractivity contribution is 0.0947. The first kappa shape index (κ1) is 17.8. The summed E-state index contributed by atoms with van der Waals surface area (Å²) in [7, 11) is 0. The number of carbonyl (C=O) groups is 1. The molecule has 0 bridgehead atoms. The zero-order valence-electron chi connectivity index (χ0n) is 14.2. The maximum atomic E-state index is 12.3. The average Bonchev–Trinajstić information content (AvgIpc) is 3.12. The van der Waals surface area contributed by atoms with Gasteiger partial charge < -0.3 is 10.1 Å². The number of carbonyl (C=O) groups excluding carboxylic acids is 1. The van der Waals surface area contributed by atoms with Gasteiger partial charge in [-0.1, -0.05) is 29.8 Å². The monoisotopic (exact) mass is 358 g/mol. The quantitative estimate of drug-likeness (QED) is 0.766. The first-order chi connectivity index (χ1) is 12.2. The van der Waals surface area contributed by atoms with Crippen LogP contribution in [0.15, 0.2) is 48.5 Å².